The Labute approximate surface area is 189 Å². The van der Waals surface area contributed by atoms with Crippen molar-refractivity contribution in [1.29, 1.82) is 0 Å². The summed E-state index contributed by atoms with van der Waals surface area (Å²) in [7, 11) is -2.40. The van der Waals surface area contributed by atoms with Gasteiger partial charge in [-0.1, -0.05) is 91.0 Å². The van der Waals surface area contributed by atoms with Gasteiger partial charge in [0.2, 0.25) is 0 Å². The second kappa shape index (κ2) is 10.3. The van der Waals surface area contributed by atoms with Crippen LogP contribution in [0.15, 0.2) is 108 Å². The zero-order valence-electron chi connectivity index (χ0n) is 17.6. The summed E-state index contributed by atoms with van der Waals surface area (Å²) in [5.41, 5.74) is 4.72. The van der Waals surface area contributed by atoms with Crippen LogP contribution in [0.3, 0.4) is 0 Å². The molecule has 0 unspecified atom stereocenters. The maximum Gasteiger partial charge on any atom is 0.300 e. The molecule has 4 aromatic rings. The molecule has 1 aromatic heterocycles. The zero-order chi connectivity index (χ0) is 21.4. The quantitative estimate of drug-likeness (QED) is 0.176. The van der Waals surface area contributed by atoms with Gasteiger partial charge in [-0.05, 0) is 23.6 Å². The molecule has 4 rings (SSSR count). The van der Waals surface area contributed by atoms with Crippen molar-refractivity contribution >= 4 is 25.4 Å². The normalized spacial score (nSPS) is 12.0. The van der Waals surface area contributed by atoms with Crippen LogP contribution in [0.1, 0.15) is 28.6 Å². The molecule has 156 valence electrons. The molecule has 0 saturated heterocycles. The lowest BCUT2D eigenvalue weighted by Gasteiger charge is -2.29. The van der Waals surface area contributed by atoms with Crippen molar-refractivity contribution in [1.82, 2.24) is 4.98 Å². The number of benzene rings is 3. The second-order valence-corrected chi connectivity index (χ2v) is 12.3. The van der Waals surface area contributed by atoms with Crippen molar-refractivity contribution in [2.45, 2.75) is 25.1 Å². The Kier molecular flexibility index (Phi) is 7.07. The molecule has 5 heteroatoms. The summed E-state index contributed by atoms with van der Waals surface area (Å²) >= 11 is 1.59. The van der Waals surface area contributed by atoms with E-state index in [2.05, 4.69) is 101 Å². The Hall–Kier alpha value is -3.02. The van der Waals surface area contributed by atoms with E-state index in [9.17, 15) is 0 Å². The third kappa shape index (κ3) is 6.00. The fourth-order valence-electron chi connectivity index (χ4n) is 3.79. The van der Waals surface area contributed by atoms with Gasteiger partial charge in [0.15, 0.2) is 0 Å². The molecule has 0 bridgehead atoms. The smallest absolute Gasteiger partial charge is 0.300 e. The van der Waals surface area contributed by atoms with E-state index in [0.29, 0.717) is 0 Å². The van der Waals surface area contributed by atoms with E-state index in [1.807, 2.05) is 18.5 Å². The van der Waals surface area contributed by atoms with Gasteiger partial charge in [0.1, 0.15) is 10.7 Å². The van der Waals surface area contributed by atoms with Crippen molar-refractivity contribution in [3.8, 4) is 0 Å². The average molecular weight is 443 g/mol. The van der Waals surface area contributed by atoms with Crippen molar-refractivity contribution < 1.29 is 4.53 Å². The fraction of sp³-hybridized carbons (Fsp3) is 0.154. The van der Waals surface area contributed by atoms with Crippen LogP contribution in [-0.4, -0.2) is 19.0 Å². The van der Waals surface area contributed by atoms with Crippen LogP contribution in [0, 0.1) is 0 Å². The van der Waals surface area contributed by atoms with Gasteiger partial charge < -0.3 is 4.53 Å². The van der Waals surface area contributed by atoms with Gasteiger partial charge in [-0.25, -0.2) is 4.98 Å². The van der Waals surface area contributed by atoms with E-state index in [1.54, 1.807) is 11.3 Å². The largest absolute Gasteiger partial charge is 0.453 e. The molecule has 0 atom stereocenters. The van der Waals surface area contributed by atoms with E-state index >= 15 is 0 Å². The highest BCUT2D eigenvalue weighted by Gasteiger charge is 2.39. The van der Waals surface area contributed by atoms with Crippen LogP contribution >= 0.6 is 11.3 Å². The van der Waals surface area contributed by atoms with Gasteiger partial charge in [-0.3, -0.25) is 0 Å². The van der Waals surface area contributed by atoms with E-state index < -0.39 is 8.32 Å². The number of aromatic nitrogens is 1. The van der Waals surface area contributed by atoms with Crippen molar-refractivity contribution in [3.63, 3.8) is 0 Å². The summed E-state index contributed by atoms with van der Waals surface area (Å²) in [6, 6.07) is 34.6. The molecule has 1 heterocycles. The number of oxime groups is 1. The molecule has 0 aliphatic heterocycles. The summed E-state index contributed by atoms with van der Waals surface area (Å²) in [5, 5.41) is 7.53. The summed E-state index contributed by atoms with van der Waals surface area (Å²) in [5.74, 6) is 0. The molecular formula is C26H26N2OSSi. The minimum atomic E-state index is -2.40. The minimum absolute atomic E-state index is 0.834. The lowest BCUT2D eigenvalue weighted by molar-refractivity contribution is 0.316. The first-order valence-corrected chi connectivity index (χ1v) is 13.9. The summed E-state index contributed by atoms with van der Waals surface area (Å²) < 4.78 is 6.62. The monoisotopic (exact) mass is 442 g/mol. The van der Waals surface area contributed by atoms with Crippen LogP contribution in [0.4, 0.5) is 0 Å². The van der Waals surface area contributed by atoms with Crippen LogP contribution < -0.4 is 0 Å². The molecule has 0 amide bonds. The van der Waals surface area contributed by atoms with Crippen LogP contribution in [0.25, 0.3) is 0 Å². The van der Waals surface area contributed by atoms with Gasteiger partial charge in [-0.2, -0.15) is 0 Å². The molecule has 0 saturated carbocycles. The number of hydrogen-bond donors (Lipinski definition) is 0. The SMILES string of the molecule is CC(=NO[Si](Cc1ccccc1)(Cc1ccccc1)Cc1ccccc1)c1nccs1. The number of thiazole rings is 1. The van der Waals surface area contributed by atoms with Gasteiger partial charge >= 0.3 is 0 Å². The molecule has 0 spiro atoms. The van der Waals surface area contributed by atoms with Gasteiger partial charge in [0.05, 0.1) is 0 Å². The maximum atomic E-state index is 6.62. The van der Waals surface area contributed by atoms with Crippen LogP contribution in [0.5, 0.6) is 0 Å². The summed E-state index contributed by atoms with van der Waals surface area (Å²) in [6.45, 7) is 1.98. The molecule has 3 nitrogen and oxygen atoms in total. The molecule has 0 aliphatic rings. The highest BCUT2D eigenvalue weighted by atomic mass is 32.1. The molecule has 0 N–H and O–H groups in total. The number of nitrogens with zero attached hydrogens (tertiary/aromatic N) is 2. The minimum Gasteiger partial charge on any atom is -0.453 e. The molecule has 0 aliphatic carbocycles. The first kappa shape index (κ1) is 21.2. The maximum absolute atomic E-state index is 6.62. The van der Waals surface area contributed by atoms with E-state index in [4.69, 9.17) is 4.53 Å². The van der Waals surface area contributed by atoms with E-state index in [-0.39, 0.29) is 0 Å². The first-order valence-electron chi connectivity index (χ1n) is 10.5. The van der Waals surface area contributed by atoms with Crippen molar-refractivity contribution in [3.05, 3.63) is 124 Å². The highest BCUT2D eigenvalue weighted by Crippen LogP contribution is 2.25. The predicted molar refractivity (Wildman–Crippen MR) is 132 cm³/mol. The number of rotatable bonds is 9. The standard InChI is InChI=1S/C26H26N2OSSi/c1-22(26-27-17-18-30-26)28-29-31(19-23-11-5-2-6-12-23,20-24-13-7-3-8-14-24)21-25-15-9-4-10-16-25/h2-18H,19-21H2,1H3. The second-order valence-electron chi connectivity index (χ2n) is 7.78. The van der Waals surface area contributed by atoms with E-state index in [0.717, 1.165) is 28.9 Å². The Morgan fingerprint density at radius 2 is 1.23 bits per heavy atom. The molecular weight excluding hydrogens is 416 g/mol. The zero-order valence-corrected chi connectivity index (χ0v) is 19.5. The molecule has 0 radical (unpaired) electrons. The third-order valence-electron chi connectivity index (χ3n) is 5.23. The van der Waals surface area contributed by atoms with Crippen LogP contribution in [-0.2, 0) is 22.7 Å². The van der Waals surface area contributed by atoms with Gasteiger partial charge in [0, 0.05) is 29.7 Å². The van der Waals surface area contributed by atoms with Crippen molar-refractivity contribution in [2.24, 2.45) is 5.16 Å². The topological polar surface area (TPSA) is 34.5 Å². The Morgan fingerprint density at radius 1 is 0.774 bits per heavy atom. The first-order chi connectivity index (χ1) is 15.2. The molecule has 3 aromatic carbocycles. The van der Waals surface area contributed by atoms with Gasteiger partial charge in [-0.15, -0.1) is 16.5 Å². The lowest BCUT2D eigenvalue weighted by Crippen LogP contribution is -2.46. The highest BCUT2D eigenvalue weighted by molar-refractivity contribution is 7.11. The summed E-state index contributed by atoms with van der Waals surface area (Å²) in [4.78, 5) is 4.39. The Balaban J connectivity index is 1.72. The summed E-state index contributed by atoms with van der Waals surface area (Å²) in [6.07, 6.45) is 1.81. The molecule has 0 fully saturated rings. The average Bonchev–Trinajstić information content (AvgIpc) is 3.35. The molecule has 31 heavy (non-hydrogen) atoms. The Morgan fingerprint density at radius 3 is 1.61 bits per heavy atom. The van der Waals surface area contributed by atoms with Gasteiger partial charge in [0.25, 0.3) is 8.32 Å². The third-order valence-corrected chi connectivity index (χ3v) is 9.74. The number of hydrogen-bond acceptors (Lipinski definition) is 4. The van der Waals surface area contributed by atoms with Crippen molar-refractivity contribution in [2.75, 3.05) is 0 Å². The Bertz CT molecular complexity index is 983. The predicted octanol–water partition coefficient (Wildman–Crippen LogP) is 6.17. The van der Waals surface area contributed by atoms with E-state index in [1.165, 1.54) is 16.7 Å². The van der Waals surface area contributed by atoms with Crippen LogP contribution in [0.2, 0.25) is 0 Å². The fourth-order valence-corrected chi connectivity index (χ4v) is 8.21. The lowest BCUT2D eigenvalue weighted by atomic mass is 10.2.